The topological polar surface area (TPSA) is 30.5 Å². The third kappa shape index (κ3) is 5.52. The maximum atomic E-state index is 5.37. The van der Waals surface area contributed by atoms with Crippen molar-refractivity contribution < 1.29 is 9.47 Å². The number of methoxy groups -OCH3 is 1. The zero-order chi connectivity index (χ0) is 13.2. The molecule has 102 valence electrons. The van der Waals surface area contributed by atoms with Crippen LogP contribution < -0.4 is 10.1 Å². The number of benzene rings is 1. The molecular formula is C15H25NO2. The van der Waals surface area contributed by atoms with Crippen LogP contribution in [0, 0.1) is 0 Å². The lowest BCUT2D eigenvalue weighted by Crippen LogP contribution is -2.27. The van der Waals surface area contributed by atoms with E-state index >= 15 is 0 Å². The van der Waals surface area contributed by atoms with Gasteiger partial charge in [-0.1, -0.05) is 12.1 Å². The van der Waals surface area contributed by atoms with Gasteiger partial charge in [0.1, 0.15) is 5.75 Å². The average molecular weight is 251 g/mol. The Morgan fingerprint density at radius 2 is 2.17 bits per heavy atom. The largest absolute Gasteiger partial charge is 0.497 e. The van der Waals surface area contributed by atoms with Gasteiger partial charge in [-0.3, -0.25) is 0 Å². The predicted octanol–water partition coefficient (Wildman–Crippen LogP) is 2.64. The molecule has 1 aromatic rings. The maximum absolute atomic E-state index is 5.37. The van der Waals surface area contributed by atoms with Crippen molar-refractivity contribution in [3.63, 3.8) is 0 Å². The monoisotopic (exact) mass is 251 g/mol. The van der Waals surface area contributed by atoms with Gasteiger partial charge in [0, 0.05) is 19.3 Å². The molecule has 1 rings (SSSR count). The molecule has 0 aliphatic rings. The molecule has 0 heterocycles. The van der Waals surface area contributed by atoms with Gasteiger partial charge in [-0.2, -0.15) is 0 Å². The van der Waals surface area contributed by atoms with Crippen LogP contribution in [0.3, 0.4) is 0 Å². The summed E-state index contributed by atoms with van der Waals surface area (Å²) in [6.07, 6.45) is 3.26. The Bertz CT molecular complexity index is 328. The van der Waals surface area contributed by atoms with E-state index in [9.17, 15) is 0 Å². The molecule has 1 unspecified atom stereocenters. The zero-order valence-corrected chi connectivity index (χ0v) is 11.7. The van der Waals surface area contributed by atoms with Crippen LogP contribution in [0.2, 0.25) is 0 Å². The van der Waals surface area contributed by atoms with E-state index in [2.05, 4.69) is 17.4 Å². The molecule has 0 saturated carbocycles. The van der Waals surface area contributed by atoms with E-state index in [4.69, 9.17) is 9.47 Å². The Morgan fingerprint density at radius 3 is 2.83 bits per heavy atom. The van der Waals surface area contributed by atoms with Crippen LogP contribution in [-0.4, -0.2) is 33.4 Å². The molecule has 3 heteroatoms. The van der Waals surface area contributed by atoms with Crippen molar-refractivity contribution in [3.8, 4) is 5.75 Å². The molecule has 0 aliphatic carbocycles. The van der Waals surface area contributed by atoms with Gasteiger partial charge in [0.2, 0.25) is 0 Å². The van der Waals surface area contributed by atoms with Gasteiger partial charge >= 0.3 is 0 Å². The number of ether oxygens (including phenoxy) is 2. The summed E-state index contributed by atoms with van der Waals surface area (Å²) >= 11 is 0. The van der Waals surface area contributed by atoms with Gasteiger partial charge in [-0.05, 0) is 50.9 Å². The van der Waals surface area contributed by atoms with Crippen LogP contribution in [0.15, 0.2) is 24.3 Å². The minimum atomic E-state index is 0.498. The standard InChI is InChI=1S/C15H25NO2/c1-4-18-10-6-8-14(16-2)11-13-7-5-9-15(12-13)17-3/h5,7,9,12,14,16H,4,6,8,10-11H2,1-3H3. The van der Waals surface area contributed by atoms with Gasteiger partial charge in [-0.15, -0.1) is 0 Å². The first-order valence-electron chi connectivity index (χ1n) is 6.68. The van der Waals surface area contributed by atoms with Crippen molar-refractivity contribution in [1.82, 2.24) is 5.32 Å². The lowest BCUT2D eigenvalue weighted by molar-refractivity contribution is 0.141. The van der Waals surface area contributed by atoms with Crippen molar-refractivity contribution in [2.24, 2.45) is 0 Å². The van der Waals surface area contributed by atoms with E-state index in [-0.39, 0.29) is 0 Å². The molecule has 0 saturated heterocycles. The van der Waals surface area contributed by atoms with Gasteiger partial charge in [0.05, 0.1) is 7.11 Å². The third-order valence-corrected chi connectivity index (χ3v) is 3.07. The van der Waals surface area contributed by atoms with Crippen LogP contribution in [-0.2, 0) is 11.2 Å². The van der Waals surface area contributed by atoms with Gasteiger partial charge in [-0.25, -0.2) is 0 Å². The lowest BCUT2D eigenvalue weighted by Gasteiger charge is -2.16. The van der Waals surface area contributed by atoms with Crippen molar-refractivity contribution >= 4 is 0 Å². The van der Waals surface area contributed by atoms with Crippen LogP contribution >= 0.6 is 0 Å². The first kappa shape index (κ1) is 15.0. The summed E-state index contributed by atoms with van der Waals surface area (Å²) in [7, 11) is 3.72. The first-order valence-corrected chi connectivity index (χ1v) is 6.68. The molecule has 1 atom stereocenters. The van der Waals surface area contributed by atoms with E-state index in [0.717, 1.165) is 38.2 Å². The highest BCUT2D eigenvalue weighted by Crippen LogP contribution is 2.15. The molecule has 1 aromatic carbocycles. The molecule has 0 fully saturated rings. The average Bonchev–Trinajstić information content (AvgIpc) is 2.42. The fourth-order valence-electron chi connectivity index (χ4n) is 2.01. The summed E-state index contributed by atoms with van der Waals surface area (Å²) < 4.78 is 10.6. The lowest BCUT2D eigenvalue weighted by atomic mass is 10.0. The summed E-state index contributed by atoms with van der Waals surface area (Å²) in [4.78, 5) is 0. The number of likely N-dealkylation sites (N-methyl/N-ethyl adjacent to an activating group) is 1. The van der Waals surface area contributed by atoms with Crippen LogP contribution in [0.1, 0.15) is 25.3 Å². The smallest absolute Gasteiger partial charge is 0.119 e. The number of hydrogen-bond donors (Lipinski definition) is 1. The summed E-state index contributed by atoms with van der Waals surface area (Å²) in [5, 5.41) is 3.37. The highest BCUT2D eigenvalue weighted by molar-refractivity contribution is 5.28. The number of nitrogens with one attached hydrogen (secondary N) is 1. The Labute approximate surface area is 110 Å². The zero-order valence-electron chi connectivity index (χ0n) is 11.7. The molecule has 3 nitrogen and oxygen atoms in total. The van der Waals surface area contributed by atoms with Crippen LogP contribution in [0.5, 0.6) is 5.75 Å². The van der Waals surface area contributed by atoms with E-state index in [1.807, 2.05) is 26.1 Å². The molecule has 0 radical (unpaired) electrons. The molecule has 0 aliphatic heterocycles. The first-order chi connectivity index (χ1) is 8.80. The second-order valence-corrected chi connectivity index (χ2v) is 4.38. The second kappa shape index (κ2) is 8.95. The predicted molar refractivity (Wildman–Crippen MR) is 75.3 cm³/mol. The van der Waals surface area contributed by atoms with Gasteiger partial charge in [0.25, 0.3) is 0 Å². The third-order valence-electron chi connectivity index (χ3n) is 3.07. The maximum Gasteiger partial charge on any atom is 0.119 e. The molecule has 18 heavy (non-hydrogen) atoms. The van der Waals surface area contributed by atoms with E-state index in [1.54, 1.807) is 7.11 Å². The number of rotatable bonds is 9. The SMILES string of the molecule is CCOCCCC(Cc1cccc(OC)c1)NC. The highest BCUT2D eigenvalue weighted by atomic mass is 16.5. The normalized spacial score (nSPS) is 12.4. The molecule has 0 bridgehead atoms. The summed E-state index contributed by atoms with van der Waals surface area (Å²) in [6.45, 7) is 3.69. The molecule has 0 amide bonds. The fraction of sp³-hybridized carbons (Fsp3) is 0.600. The van der Waals surface area contributed by atoms with Crippen molar-refractivity contribution in [2.45, 2.75) is 32.2 Å². The minimum absolute atomic E-state index is 0.498. The highest BCUT2D eigenvalue weighted by Gasteiger charge is 2.07. The summed E-state index contributed by atoms with van der Waals surface area (Å²) in [6, 6.07) is 8.77. The number of hydrogen-bond acceptors (Lipinski definition) is 3. The van der Waals surface area contributed by atoms with Crippen LogP contribution in [0.4, 0.5) is 0 Å². The van der Waals surface area contributed by atoms with E-state index < -0.39 is 0 Å². The van der Waals surface area contributed by atoms with Crippen LogP contribution in [0.25, 0.3) is 0 Å². The molecule has 0 spiro atoms. The molecular weight excluding hydrogens is 226 g/mol. The second-order valence-electron chi connectivity index (χ2n) is 4.38. The van der Waals surface area contributed by atoms with Crippen molar-refractivity contribution in [3.05, 3.63) is 29.8 Å². The summed E-state index contributed by atoms with van der Waals surface area (Å²) in [5.74, 6) is 0.927. The fourth-order valence-corrected chi connectivity index (χ4v) is 2.01. The minimum Gasteiger partial charge on any atom is -0.497 e. The van der Waals surface area contributed by atoms with E-state index in [1.165, 1.54) is 5.56 Å². The van der Waals surface area contributed by atoms with Gasteiger partial charge < -0.3 is 14.8 Å². The Hall–Kier alpha value is -1.06. The molecule has 0 aromatic heterocycles. The quantitative estimate of drug-likeness (QED) is 0.684. The van der Waals surface area contributed by atoms with E-state index in [0.29, 0.717) is 6.04 Å². The Balaban J connectivity index is 2.41. The summed E-state index contributed by atoms with van der Waals surface area (Å²) in [5.41, 5.74) is 1.31. The Kier molecular flexibility index (Phi) is 7.46. The van der Waals surface area contributed by atoms with Crippen molar-refractivity contribution in [1.29, 1.82) is 0 Å². The molecule has 1 N–H and O–H groups in total. The van der Waals surface area contributed by atoms with Crippen molar-refractivity contribution in [2.75, 3.05) is 27.4 Å². The Morgan fingerprint density at radius 1 is 1.33 bits per heavy atom. The van der Waals surface area contributed by atoms with Gasteiger partial charge in [0.15, 0.2) is 0 Å².